The van der Waals surface area contributed by atoms with E-state index in [0.717, 1.165) is 4.70 Å². The number of Topliss-reactive ketones (excluding diaryl/α,β-unsaturated/α-hetero) is 1. The second kappa shape index (κ2) is 8.48. The van der Waals surface area contributed by atoms with Gasteiger partial charge in [0.2, 0.25) is 0 Å². The van der Waals surface area contributed by atoms with E-state index in [4.69, 9.17) is 16.3 Å². The first kappa shape index (κ1) is 21.9. The first-order chi connectivity index (χ1) is 16.4. The molecular formula is C25H17ClN2O5S. The number of benzene rings is 3. The summed E-state index contributed by atoms with van der Waals surface area (Å²) in [5.41, 5.74) is 1.32. The zero-order valence-electron chi connectivity index (χ0n) is 17.7. The summed E-state index contributed by atoms with van der Waals surface area (Å²) in [6, 6.07) is 16.9. The lowest BCUT2D eigenvalue weighted by Gasteiger charge is -2.23. The van der Waals surface area contributed by atoms with E-state index in [2.05, 4.69) is 4.98 Å². The number of phenols is 1. The van der Waals surface area contributed by atoms with Crippen LogP contribution in [0, 0.1) is 0 Å². The largest absolute Gasteiger partial charge is 0.508 e. The van der Waals surface area contributed by atoms with E-state index < -0.39 is 17.7 Å². The van der Waals surface area contributed by atoms with E-state index in [-0.39, 0.29) is 22.2 Å². The molecular weight excluding hydrogens is 476 g/mol. The standard InChI is InChI=1S/C25H17ClN2O5S/c1-33-17-8-5-13(6-9-17)22(30)20-21(14-3-2-4-16(29)11-14)28(24(32)23(20)31)25-27-18-10-7-15(26)12-19(18)34-25/h2-12,21,29-30H,1H3. The van der Waals surface area contributed by atoms with Crippen LogP contribution in [-0.4, -0.2) is 34.0 Å². The normalized spacial score (nSPS) is 17.5. The molecule has 0 saturated carbocycles. The van der Waals surface area contributed by atoms with Crippen molar-refractivity contribution in [2.45, 2.75) is 6.04 Å². The SMILES string of the molecule is COc1ccc(C(O)=C2C(=O)C(=O)N(c3nc4ccc(Cl)cc4s3)C2c2cccc(O)c2)cc1. The minimum absolute atomic E-state index is 0.0383. The van der Waals surface area contributed by atoms with E-state index >= 15 is 0 Å². The number of rotatable bonds is 4. The van der Waals surface area contributed by atoms with Crippen molar-refractivity contribution in [2.24, 2.45) is 0 Å². The van der Waals surface area contributed by atoms with Crippen molar-refractivity contribution in [2.75, 3.05) is 12.0 Å². The number of phenolic OH excluding ortho intramolecular Hbond substituents is 1. The van der Waals surface area contributed by atoms with Gasteiger partial charge in [-0.3, -0.25) is 14.5 Å². The summed E-state index contributed by atoms with van der Waals surface area (Å²) in [5.74, 6) is -1.47. The zero-order chi connectivity index (χ0) is 24.0. The molecule has 1 fully saturated rings. The number of fused-ring (bicyclic) bond motifs is 1. The number of carbonyl (C=O) groups excluding carboxylic acids is 2. The van der Waals surface area contributed by atoms with Gasteiger partial charge in [0.15, 0.2) is 5.13 Å². The number of aliphatic hydroxyl groups excluding tert-OH is 1. The molecule has 170 valence electrons. The summed E-state index contributed by atoms with van der Waals surface area (Å²) in [5, 5.41) is 22.1. The maximum Gasteiger partial charge on any atom is 0.301 e. The third-order valence-electron chi connectivity index (χ3n) is 5.54. The number of amides is 1. The van der Waals surface area contributed by atoms with Gasteiger partial charge < -0.3 is 14.9 Å². The smallest absolute Gasteiger partial charge is 0.301 e. The van der Waals surface area contributed by atoms with Gasteiger partial charge in [-0.05, 0) is 60.2 Å². The lowest BCUT2D eigenvalue weighted by molar-refractivity contribution is -0.132. The van der Waals surface area contributed by atoms with Crippen LogP contribution in [0.25, 0.3) is 16.0 Å². The van der Waals surface area contributed by atoms with Crippen LogP contribution in [0.2, 0.25) is 5.02 Å². The van der Waals surface area contributed by atoms with E-state index in [0.29, 0.717) is 27.4 Å². The Labute approximate surface area is 203 Å². The summed E-state index contributed by atoms with van der Waals surface area (Å²) in [7, 11) is 1.52. The molecule has 9 heteroatoms. The van der Waals surface area contributed by atoms with Crippen LogP contribution in [-0.2, 0) is 9.59 Å². The minimum atomic E-state index is -0.995. The lowest BCUT2D eigenvalue weighted by atomic mass is 9.95. The fourth-order valence-corrected chi connectivity index (χ4v) is 5.20. The molecule has 1 aliphatic heterocycles. The van der Waals surface area contributed by atoms with Gasteiger partial charge in [-0.15, -0.1) is 0 Å². The number of hydrogen-bond acceptors (Lipinski definition) is 7. The Morgan fingerprint density at radius 2 is 1.85 bits per heavy atom. The summed E-state index contributed by atoms with van der Waals surface area (Å²) in [4.78, 5) is 32.3. The molecule has 0 spiro atoms. The summed E-state index contributed by atoms with van der Waals surface area (Å²) in [6.07, 6.45) is 0. The predicted octanol–water partition coefficient (Wildman–Crippen LogP) is 5.29. The molecule has 1 amide bonds. The number of anilines is 1. The van der Waals surface area contributed by atoms with E-state index in [1.807, 2.05) is 0 Å². The number of aromatic nitrogens is 1. The molecule has 1 saturated heterocycles. The van der Waals surface area contributed by atoms with Crippen molar-refractivity contribution in [3.63, 3.8) is 0 Å². The molecule has 1 atom stereocenters. The Morgan fingerprint density at radius 3 is 2.56 bits per heavy atom. The third kappa shape index (κ3) is 3.67. The molecule has 1 unspecified atom stereocenters. The number of hydrogen-bond donors (Lipinski definition) is 2. The Balaban J connectivity index is 1.72. The number of nitrogens with zero attached hydrogens (tertiary/aromatic N) is 2. The van der Waals surface area contributed by atoms with Crippen LogP contribution < -0.4 is 9.64 Å². The van der Waals surface area contributed by atoms with Crippen molar-refractivity contribution in [3.8, 4) is 11.5 Å². The highest BCUT2D eigenvalue weighted by molar-refractivity contribution is 7.22. The maximum absolute atomic E-state index is 13.3. The first-order valence-corrected chi connectivity index (χ1v) is 11.4. The molecule has 34 heavy (non-hydrogen) atoms. The first-order valence-electron chi connectivity index (χ1n) is 10.2. The van der Waals surface area contributed by atoms with Crippen molar-refractivity contribution < 1.29 is 24.5 Å². The van der Waals surface area contributed by atoms with Gasteiger partial charge in [-0.1, -0.05) is 35.1 Å². The molecule has 1 aliphatic rings. The second-order valence-electron chi connectivity index (χ2n) is 7.60. The van der Waals surface area contributed by atoms with Crippen molar-refractivity contribution >= 4 is 55.7 Å². The average molecular weight is 493 g/mol. The van der Waals surface area contributed by atoms with Crippen LogP contribution >= 0.6 is 22.9 Å². The predicted molar refractivity (Wildman–Crippen MR) is 131 cm³/mol. The molecule has 1 aromatic heterocycles. The summed E-state index contributed by atoms with van der Waals surface area (Å²) < 4.78 is 5.90. The molecule has 2 heterocycles. The molecule has 3 aromatic carbocycles. The number of halogens is 1. The lowest BCUT2D eigenvalue weighted by Crippen LogP contribution is -2.29. The van der Waals surface area contributed by atoms with Crippen molar-refractivity contribution in [3.05, 3.63) is 88.5 Å². The number of methoxy groups -OCH3 is 1. The number of ketones is 1. The molecule has 0 aliphatic carbocycles. The second-order valence-corrected chi connectivity index (χ2v) is 9.05. The number of carbonyl (C=O) groups is 2. The Hall–Kier alpha value is -3.88. The number of ether oxygens (including phenoxy) is 1. The monoisotopic (exact) mass is 492 g/mol. The highest BCUT2D eigenvalue weighted by Gasteiger charge is 2.48. The van der Waals surface area contributed by atoms with E-state index in [9.17, 15) is 19.8 Å². The molecule has 0 radical (unpaired) electrons. The van der Waals surface area contributed by atoms with E-state index in [1.54, 1.807) is 54.6 Å². The molecule has 0 bridgehead atoms. The Kier molecular flexibility index (Phi) is 5.47. The number of thiazole rings is 1. The summed E-state index contributed by atoms with van der Waals surface area (Å²) >= 11 is 7.31. The van der Waals surface area contributed by atoms with E-state index in [1.165, 1.54) is 35.5 Å². The topological polar surface area (TPSA) is 100.0 Å². The van der Waals surface area contributed by atoms with Gasteiger partial charge in [0.05, 0.1) is 28.9 Å². The Bertz CT molecular complexity index is 1480. The Morgan fingerprint density at radius 1 is 1.09 bits per heavy atom. The van der Waals surface area contributed by atoms with Crippen LogP contribution in [0.15, 0.2) is 72.3 Å². The van der Waals surface area contributed by atoms with Crippen LogP contribution in [0.1, 0.15) is 17.2 Å². The van der Waals surface area contributed by atoms with Gasteiger partial charge in [-0.25, -0.2) is 4.98 Å². The molecule has 7 nitrogen and oxygen atoms in total. The van der Waals surface area contributed by atoms with Gasteiger partial charge in [0, 0.05) is 10.6 Å². The van der Waals surface area contributed by atoms with Gasteiger partial charge in [0.25, 0.3) is 5.78 Å². The quantitative estimate of drug-likeness (QED) is 0.228. The summed E-state index contributed by atoms with van der Waals surface area (Å²) in [6.45, 7) is 0. The van der Waals surface area contributed by atoms with Crippen LogP contribution in [0.5, 0.6) is 11.5 Å². The maximum atomic E-state index is 13.3. The van der Waals surface area contributed by atoms with Gasteiger partial charge >= 0.3 is 5.91 Å². The minimum Gasteiger partial charge on any atom is -0.508 e. The van der Waals surface area contributed by atoms with Crippen LogP contribution in [0.4, 0.5) is 5.13 Å². The van der Waals surface area contributed by atoms with Gasteiger partial charge in [0.1, 0.15) is 17.3 Å². The molecule has 2 N–H and O–H groups in total. The third-order valence-corrected chi connectivity index (χ3v) is 6.79. The molecule has 4 aromatic rings. The molecule has 5 rings (SSSR count). The highest BCUT2D eigenvalue weighted by atomic mass is 35.5. The fraction of sp³-hybridized carbons (Fsp3) is 0.0800. The highest BCUT2D eigenvalue weighted by Crippen LogP contribution is 2.45. The number of aliphatic hydroxyl groups is 1. The number of aromatic hydroxyl groups is 1. The van der Waals surface area contributed by atoms with Crippen molar-refractivity contribution in [1.82, 2.24) is 4.98 Å². The van der Waals surface area contributed by atoms with Crippen LogP contribution in [0.3, 0.4) is 0 Å². The average Bonchev–Trinajstić information content (AvgIpc) is 3.36. The zero-order valence-corrected chi connectivity index (χ0v) is 19.3. The fourth-order valence-electron chi connectivity index (χ4n) is 3.93. The van der Waals surface area contributed by atoms with Crippen molar-refractivity contribution in [1.29, 1.82) is 0 Å². The van der Waals surface area contributed by atoms with Gasteiger partial charge in [-0.2, -0.15) is 0 Å².